The number of rotatable bonds is 48. The van der Waals surface area contributed by atoms with Crippen molar-refractivity contribution in [3.63, 3.8) is 0 Å². The molecule has 0 saturated heterocycles. The number of carbonyl (C=O) groups excluding carboxylic acids is 14. The Kier molecular flexibility index (Phi) is 39.1. The van der Waals surface area contributed by atoms with Crippen molar-refractivity contribution in [2.45, 2.75) is 218 Å². The Morgan fingerprint density at radius 2 is 0.877 bits per heavy atom. The predicted octanol–water partition coefficient (Wildman–Crippen LogP) is -3.53. The number of aliphatic hydroxyl groups excluding tert-OH is 1. The molecule has 36 heteroatoms. The van der Waals surface area contributed by atoms with E-state index >= 15 is 0 Å². The van der Waals surface area contributed by atoms with Crippen molar-refractivity contribution in [1.82, 2.24) is 73.8 Å². The molecule has 0 aliphatic rings. The first kappa shape index (κ1) is 90.1. The third-order valence-electron chi connectivity index (χ3n) is 17.2. The van der Waals surface area contributed by atoms with Crippen LogP contribution in [0.1, 0.15) is 131 Å². The summed E-state index contributed by atoms with van der Waals surface area (Å²) in [6.07, 6.45) is 2.05. The van der Waals surface area contributed by atoms with E-state index in [-0.39, 0.29) is 57.2 Å². The first-order valence-electron chi connectivity index (χ1n) is 35.1. The first-order valence-corrected chi connectivity index (χ1v) is 36.5. The number of aliphatic hydroxyl groups is 1. The molecule has 106 heavy (non-hydrogen) atoms. The summed E-state index contributed by atoms with van der Waals surface area (Å²) in [5.41, 5.74) is 23.8. The Morgan fingerprint density at radius 3 is 1.32 bits per heavy atom. The smallest absolute Gasteiger partial charge is 0.326 e. The second-order valence-electron chi connectivity index (χ2n) is 26.7. The van der Waals surface area contributed by atoms with E-state index in [4.69, 9.17) is 22.9 Å². The number of unbranched alkanes of at least 4 members (excludes halogenated alkanes) is 1. The maximum Gasteiger partial charge on any atom is 0.326 e. The number of aliphatic carboxylic acids is 1. The SMILES string of the molecule is CC[C@H](C)[C@H](NC(=O)[C@H](Cc1ccccc1)NC(=O)[C@@H](NC(=O)[C@H](C)NC(=O)[C@H](CCSC)NC(=O)[C@H](CCC(N)=O)NC(=O)[C@@H](NC(=O)[C@H](C)NC(=O)[C@@H](N)[C@@H](C)O)C(C)C)C(C)C)C(=O)N[C@@H](Cc1cnc[nH]1)C(=O)N[C@@H](CC(N)=O)C(=O)N[C@@H](Cc1ccccc1)C(=O)N[C@@H](CCCCN)C(=O)O. The predicted molar refractivity (Wildman–Crippen MR) is 392 cm³/mol. The second-order valence-corrected chi connectivity index (χ2v) is 27.7. The van der Waals surface area contributed by atoms with E-state index in [1.165, 1.54) is 45.1 Å². The third kappa shape index (κ3) is 31.3. The summed E-state index contributed by atoms with van der Waals surface area (Å²) in [5, 5.41) is 50.5. The lowest BCUT2D eigenvalue weighted by atomic mass is 9.96. The van der Waals surface area contributed by atoms with Crippen molar-refractivity contribution in [1.29, 1.82) is 0 Å². The summed E-state index contributed by atoms with van der Waals surface area (Å²) < 4.78 is 0. The van der Waals surface area contributed by atoms with Gasteiger partial charge in [0, 0.05) is 37.6 Å². The van der Waals surface area contributed by atoms with Crippen molar-refractivity contribution < 1.29 is 82.1 Å². The van der Waals surface area contributed by atoms with Gasteiger partial charge in [-0.3, -0.25) is 67.1 Å². The van der Waals surface area contributed by atoms with Crippen LogP contribution in [-0.4, -0.2) is 212 Å². The van der Waals surface area contributed by atoms with Crippen LogP contribution in [0.2, 0.25) is 0 Å². The second kappa shape index (κ2) is 46.0. The van der Waals surface area contributed by atoms with Crippen LogP contribution in [0.3, 0.4) is 0 Å². The molecule has 0 aliphatic heterocycles. The van der Waals surface area contributed by atoms with Gasteiger partial charge in [-0.25, -0.2) is 9.78 Å². The molecule has 1 heterocycles. The number of carboxylic acids is 1. The van der Waals surface area contributed by atoms with E-state index < -0.39 is 204 Å². The van der Waals surface area contributed by atoms with Gasteiger partial charge in [-0.15, -0.1) is 0 Å². The molecule has 0 aliphatic carbocycles. The molecule has 0 unspecified atom stereocenters. The van der Waals surface area contributed by atoms with Gasteiger partial charge in [0.15, 0.2) is 0 Å². The lowest BCUT2D eigenvalue weighted by Gasteiger charge is -2.30. The number of imidazole rings is 1. The highest BCUT2D eigenvalue weighted by Gasteiger charge is 2.39. The largest absolute Gasteiger partial charge is 0.480 e. The number of carboxylic acid groups (broad SMARTS) is 1. The molecule has 2 aromatic carbocycles. The van der Waals surface area contributed by atoms with Crippen LogP contribution in [-0.2, 0) is 91.2 Å². The number of nitrogens with two attached hydrogens (primary N) is 4. The average Bonchev–Trinajstić information content (AvgIpc) is 0.876. The minimum absolute atomic E-state index is 0.0175. The molecular weight excluding hydrogens is 1400 g/mol. The molecule has 0 radical (unpaired) electrons. The third-order valence-corrected chi connectivity index (χ3v) is 17.9. The van der Waals surface area contributed by atoms with Crippen LogP contribution < -0.4 is 86.7 Å². The summed E-state index contributed by atoms with van der Waals surface area (Å²) in [6.45, 7) is 13.9. The minimum Gasteiger partial charge on any atom is -0.480 e. The number of amides is 14. The molecule has 1 aromatic heterocycles. The van der Waals surface area contributed by atoms with Gasteiger partial charge in [-0.2, -0.15) is 11.8 Å². The highest BCUT2D eigenvalue weighted by atomic mass is 32.2. The number of aromatic nitrogens is 2. The normalized spacial score (nSPS) is 15.5. The first-order chi connectivity index (χ1) is 50.0. The lowest BCUT2D eigenvalue weighted by molar-refractivity contribution is -0.142. The number of H-pyrrole nitrogens is 1. The summed E-state index contributed by atoms with van der Waals surface area (Å²) in [7, 11) is 0. The molecule has 0 fully saturated rings. The maximum absolute atomic E-state index is 14.8. The van der Waals surface area contributed by atoms with Crippen molar-refractivity contribution in [2.24, 2.45) is 40.7 Å². The minimum atomic E-state index is -1.78. The van der Waals surface area contributed by atoms with Gasteiger partial charge < -0.3 is 102 Å². The highest BCUT2D eigenvalue weighted by molar-refractivity contribution is 7.98. The van der Waals surface area contributed by atoms with Gasteiger partial charge in [-0.1, -0.05) is 109 Å². The van der Waals surface area contributed by atoms with Gasteiger partial charge in [0.25, 0.3) is 0 Å². The standard InChI is InChI=1S/C70H108N18O17S/c1-11-38(6)57(69(103)85-50(32-44-34-75-35-76-44)63(97)83-51(33-53(73)91)64(98)82-48(30-42-20-14-12-15-21-42)62(96)81-47(70(104)105)24-18-19-28-71)88-65(99)49(31-43-22-16-13-17-23-43)84-68(102)56(37(4)5)87-58(92)39(7)77-60(94)46(27-29-106-10)79-61(95)45(25-26-52(72)90)80-67(101)55(36(2)3)86-59(93)40(8)78-66(100)54(74)41(9)89/h12-17,20-23,34-41,45-51,54-57,89H,11,18-19,24-33,71,74H2,1-10H3,(H2,72,90)(H2,73,91)(H,75,76)(H,77,94)(H,78,100)(H,79,95)(H,80,101)(H,81,96)(H,82,98)(H,83,97)(H,84,102)(H,85,103)(H,86,93)(H,87,92)(H,88,99)(H,104,105)/t38-,39-,40-,41+,45-,46-,47-,48-,49-,50-,51-,54-,55-,56-,57-/m0/s1. The Hall–Kier alpha value is -10.1. The molecule has 3 aromatic rings. The molecule has 14 amide bonds. The molecule has 23 N–H and O–H groups in total. The fourth-order valence-corrected chi connectivity index (χ4v) is 11.1. The Bertz CT molecular complexity index is 3430. The number of hydrogen-bond acceptors (Lipinski definition) is 20. The van der Waals surface area contributed by atoms with Gasteiger partial charge in [0.05, 0.1) is 18.9 Å². The van der Waals surface area contributed by atoms with Crippen LogP contribution in [0.5, 0.6) is 0 Å². The van der Waals surface area contributed by atoms with Crippen molar-refractivity contribution in [3.8, 4) is 0 Å². The van der Waals surface area contributed by atoms with E-state index in [2.05, 4.69) is 73.8 Å². The molecule has 0 bridgehead atoms. The van der Waals surface area contributed by atoms with Gasteiger partial charge in [0.1, 0.15) is 78.5 Å². The molecule has 0 spiro atoms. The Morgan fingerprint density at radius 1 is 0.472 bits per heavy atom. The number of nitrogens with one attached hydrogen (secondary N) is 13. The summed E-state index contributed by atoms with van der Waals surface area (Å²) in [6, 6.07) is -1.78. The molecular formula is C70H108N18O17S. The summed E-state index contributed by atoms with van der Waals surface area (Å²) >= 11 is 1.31. The van der Waals surface area contributed by atoms with E-state index in [0.29, 0.717) is 29.7 Å². The zero-order chi connectivity index (χ0) is 79.5. The van der Waals surface area contributed by atoms with Crippen LogP contribution in [0.15, 0.2) is 73.2 Å². The fourth-order valence-electron chi connectivity index (χ4n) is 10.6. The molecule has 3 rings (SSSR count). The van der Waals surface area contributed by atoms with E-state index in [1.54, 1.807) is 108 Å². The number of carbonyl (C=O) groups is 15. The maximum atomic E-state index is 14.8. The zero-order valence-electron chi connectivity index (χ0n) is 61.6. The molecule has 35 nitrogen and oxygen atoms in total. The fraction of sp³-hybridized carbons (Fsp3) is 0.571. The summed E-state index contributed by atoms with van der Waals surface area (Å²) in [4.78, 5) is 213. The van der Waals surface area contributed by atoms with Crippen LogP contribution >= 0.6 is 11.8 Å². The van der Waals surface area contributed by atoms with E-state index in [1.807, 2.05) is 0 Å². The van der Waals surface area contributed by atoms with E-state index in [9.17, 15) is 82.1 Å². The van der Waals surface area contributed by atoms with Crippen LogP contribution in [0.4, 0.5) is 0 Å². The van der Waals surface area contributed by atoms with Crippen molar-refractivity contribution >= 4 is 100 Å². The number of hydrogen-bond donors (Lipinski definition) is 19. The summed E-state index contributed by atoms with van der Waals surface area (Å²) in [5.74, 6) is -15.8. The Balaban J connectivity index is 1.91. The molecule has 0 saturated carbocycles. The van der Waals surface area contributed by atoms with E-state index in [0.717, 1.165) is 0 Å². The number of primary amides is 2. The average molecular weight is 1510 g/mol. The number of benzene rings is 2. The van der Waals surface area contributed by atoms with Crippen LogP contribution in [0, 0.1) is 17.8 Å². The monoisotopic (exact) mass is 1500 g/mol. The number of nitrogens with zero attached hydrogens (tertiary/aromatic N) is 1. The highest BCUT2D eigenvalue weighted by Crippen LogP contribution is 2.16. The Labute approximate surface area is 620 Å². The number of thioether (sulfide) groups is 1. The van der Waals surface area contributed by atoms with Gasteiger partial charge in [0.2, 0.25) is 82.7 Å². The van der Waals surface area contributed by atoms with Crippen molar-refractivity contribution in [3.05, 3.63) is 90.0 Å². The lowest BCUT2D eigenvalue weighted by Crippen LogP contribution is -2.62. The van der Waals surface area contributed by atoms with Crippen LogP contribution in [0.25, 0.3) is 0 Å². The molecule has 586 valence electrons. The molecule has 15 atom stereocenters. The number of aromatic amines is 1. The van der Waals surface area contributed by atoms with Gasteiger partial charge in [-0.05, 0) is 100 Å². The zero-order valence-corrected chi connectivity index (χ0v) is 62.4. The van der Waals surface area contributed by atoms with Gasteiger partial charge >= 0.3 is 5.97 Å². The topological polar surface area (TPSA) is 574 Å². The quantitative estimate of drug-likeness (QED) is 0.0244. The van der Waals surface area contributed by atoms with Crippen molar-refractivity contribution in [2.75, 3.05) is 18.6 Å².